The van der Waals surface area contributed by atoms with Crippen LogP contribution in [0.15, 0.2) is 46.9 Å². The SMILES string of the molecule is Cc1cc(C(F)(F)F)nn1CC(=S)N1CCC(c2nc(CSc3nnnn3-c3ccccc3)cs2)CC1. The first-order valence-electron chi connectivity index (χ1n) is 11.6. The molecule has 0 bridgehead atoms. The zero-order valence-corrected chi connectivity index (χ0v) is 22.2. The molecule has 1 aliphatic heterocycles. The molecular weight excluding hydrogens is 542 g/mol. The van der Waals surface area contributed by atoms with Crippen LogP contribution >= 0.6 is 35.3 Å². The minimum Gasteiger partial charge on any atom is -0.365 e. The number of rotatable bonds is 7. The lowest BCUT2D eigenvalue weighted by Gasteiger charge is -2.33. The van der Waals surface area contributed by atoms with Crippen LogP contribution in [0.4, 0.5) is 13.2 Å². The van der Waals surface area contributed by atoms with Gasteiger partial charge in [0.1, 0.15) is 0 Å². The molecule has 0 atom stereocenters. The maximum absolute atomic E-state index is 13.0. The summed E-state index contributed by atoms with van der Waals surface area (Å²) in [7, 11) is 0. The highest BCUT2D eigenvalue weighted by Gasteiger charge is 2.34. The van der Waals surface area contributed by atoms with Crippen molar-refractivity contribution in [3.63, 3.8) is 0 Å². The average Bonchev–Trinajstić information content (AvgIpc) is 3.63. The smallest absolute Gasteiger partial charge is 0.365 e. The molecule has 194 valence electrons. The summed E-state index contributed by atoms with van der Waals surface area (Å²) >= 11 is 8.74. The summed E-state index contributed by atoms with van der Waals surface area (Å²) in [6, 6.07) is 10.8. The normalized spacial score (nSPS) is 14.9. The number of hydrogen-bond acceptors (Lipinski definition) is 8. The molecule has 0 radical (unpaired) electrons. The van der Waals surface area contributed by atoms with Crippen molar-refractivity contribution in [1.82, 2.24) is 39.9 Å². The van der Waals surface area contributed by atoms with Gasteiger partial charge in [0, 0.05) is 35.8 Å². The van der Waals surface area contributed by atoms with Gasteiger partial charge in [-0.25, -0.2) is 4.98 Å². The fourth-order valence-electron chi connectivity index (χ4n) is 4.13. The summed E-state index contributed by atoms with van der Waals surface area (Å²) in [6.45, 7) is 3.26. The van der Waals surface area contributed by atoms with Crippen molar-refractivity contribution in [2.45, 2.75) is 49.3 Å². The highest BCUT2D eigenvalue weighted by atomic mass is 32.2. The van der Waals surface area contributed by atoms with Crippen molar-refractivity contribution in [3.8, 4) is 5.69 Å². The minimum absolute atomic E-state index is 0.170. The van der Waals surface area contributed by atoms with Crippen molar-refractivity contribution < 1.29 is 13.2 Å². The monoisotopic (exact) mass is 564 g/mol. The van der Waals surface area contributed by atoms with Crippen LogP contribution in [0, 0.1) is 6.92 Å². The summed E-state index contributed by atoms with van der Waals surface area (Å²) in [6.07, 6.45) is -2.69. The molecule has 0 aliphatic carbocycles. The van der Waals surface area contributed by atoms with E-state index in [0.717, 1.165) is 48.4 Å². The van der Waals surface area contributed by atoms with E-state index in [1.54, 1.807) is 22.9 Å². The Kier molecular flexibility index (Phi) is 7.58. The van der Waals surface area contributed by atoms with Gasteiger partial charge in [0.05, 0.1) is 27.9 Å². The predicted octanol–water partition coefficient (Wildman–Crippen LogP) is 5.14. The third-order valence-corrected chi connectivity index (χ3v) is 8.51. The minimum atomic E-state index is -4.46. The molecular formula is C23H23F3N8S3. The van der Waals surface area contributed by atoms with Crippen molar-refractivity contribution in [3.05, 3.63) is 63.9 Å². The third kappa shape index (κ3) is 6.02. The van der Waals surface area contributed by atoms with Crippen molar-refractivity contribution >= 4 is 40.3 Å². The maximum Gasteiger partial charge on any atom is 0.435 e. The van der Waals surface area contributed by atoms with E-state index in [1.807, 2.05) is 30.3 Å². The molecule has 8 nitrogen and oxygen atoms in total. The predicted molar refractivity (Wildman–Crippen MR) is 139 cm³/mol. The van der Waals surface area contributed by atoms with Gasteiger partial charge in [0.2, 0.25) is 5.16 Å². The fraction of sp³-hybridized carbons (Fsp3) is 0.391. The van der Waals surface area contributed by atoms with Crippen molar-refractivity contribution in [2.24, 2.45) is 0 Å². The molecule has 4 heterocycles. The number of thiocarbonyl (C=S) groups is 1. The Hall–Kier alpha value is -2.84. The van der Waals surface area contributed by atoms with E-state index in [-0.39, 0.29) is 6.54 Å². The molecule has 0 amide bonds. The molecule has 1 saturated heterocycles. The number of thiazole rings is 1. The number of halogens is 3. The Morgan fingerprint density at radius 3 is 2.65 bits per heavy atom. The second-order valence-electron chi connectivity index (χ2n) is 8.66. The molecule has 37 heavy (non-hydrogen) atoms. The van der Waals surface area contributed by atoms with E-state index in [4.69, 9.17) is 17.2 Å². The standard InChI is InChI=1S/C23H23F3N8S3/c1-15-11-19(23(24,25)26)29-33(15)12-20(35)32-9-7-16(8-10-32)21-27-17(13-36-21)14-37-22-28-30-31-34(22)18-5-3-2-4-6-18/h2-6,11,13,16H,7-10,12,14H2,1H3. The third-order valence-electron chi connectivity index (χ3n) is 6.11. The number of thioether (sulfide) groups is 1. The summed E-state index contributed by atoms with van der Waals surface area (Å²) in [5.74, 6) is 0.996. The number of para-hydroxylation sites is 1. The molecule has 0 N–H and O–H groups in total. The molecule has 1 aliphatic rings. The molecule has 5 rings (SSSR count). The summed E-state index contributed by atoms with van der Waals surface area (Å²) in [4.78, 5) is 7.52. The van der Waals surface area contributed by atoms with Gasteiger partial charge in [-0.2, -0.15) is 23.0 Å². The highest BCUT2D eigenvalue weighted by Crippen LogP contribution is 2.32. The number of piperidine rings is 1. The lowest BCUT2D eigenvalue weighted by Crippen LogP contribution is -2.39. The summed E-state index contributed by atoms with van der Waals surface area (Å²) in [5, 5.41) is 19.6. The summed E-state index contributed by atoms with van der Waals surface area (Å²) in [5.41, 5.74) is 1.44. The Morgan fingerprint density at radius 1 is 1.19 bits per heavy atom. The molecule has 1 aromatic carbocycles. The molecule has 0 spiro atoms. The Labute approximate surface area is 224 Å². The van der Waals surface area contributed by atoms with E-state index < -0.39 is 11.9 Å². The van der Waals surface area contributed by atoms with E-state index >= 15 is 0 Å². The maximum atomic E-state index is 13.0. The molecule has 1 fully saturated rings. The summed E-state index contributed by atoms with van der Waals surface area (Å²) < 4.78 is 41.9. The van der Waals surface area contributed by atoms with E-state index in [1.165, 1.54) is 16.4 Å². The number of benzene rings is 1. The highest BCUT2D eigenvalue weighted by molar-refractivity contribution is 7.98. The number of alkyl halides is 3. The first-order valence-corrected chi connectivity index (χ1v) is 13.9. The van der Waals surface area contributed by atoms with Crippen molar-refractivity contribution in [2.75, 3.05) is 13.1 Å². The lowest BCUT2D eigenvalue weighted by atomic mass is 9.97. The van der Waals surface area contributed by atoms with Crippen LogP contribution in [0.3, 0.4) is 0 Å². The van der Waals surface area contributed by atoms with Crippen molar-refractivity contribution in [1.29, 1.82) is 0 Å². The lowest BCUT2D eigenvalue weighted by molar-refractivity contribution is -0.141. The number of tetrazole rings is 1. The van der Waals surface area contributed by atoms with Crippen LogP contribution in [0.25, 0.3) is 5.69 Å². The second-order valence-corrected chi connectivity index (χ2v) is 11.0. The number of nitrogens with zero attached hydrogens (tertiary/aromatic N) is 8. The number of aromatic nitrogens is 7. The van der Waals surface area contributed by atoms with Crippen LogP contribution in [-0.4, -0.2) is 57.9 Å². The quantitative estimate of drug-likeness (QED) is 0.226. The van der Waals surface area contributed by atoms with E-state index in [2.05, 4.69) is 30.9 Å². The van der Waals surface area contributed by atoms with Crippen LogP contribution in [0.5, 0.6) is 0 Å². The number of likely N-dealkylation sites (tertiary alicyclic amines) is 1. The van der Waals surface area contributed by atoms with Crippen LogP contribution < -0.4 is 0 Å². The van der Waals surface area contributed by atoms with Gasteiger partial charge in [0.25, 0.3) is 0 Å². The second kappa shape index (κ2) is 10.9. The Bertz CT molecular complexity index is 1360. The van der Waals surface area contributed by atoms with Gasteiger partial charge in [-0.3, -0.25) is 4.68 Å². The molecule has 0 unspecified atom stereocenters. The van der Waals surface area contributed by atoms with Crippen LogP contribution in [-0.2, 0) is 18.5 Å². The topological polar surface area (TPSA) is 77.6 Å². The largest absolute Gasteiger partial charge is 0.435 e. The van der Waals surface area contributed by atoms with Gasteiger partial charge in [-0.05, 0) is 48.4 Å². The molecule has 14 heteroatoms. The Balaban J connectivity index is 1.13. The number of aryl methyl sites for hydroxylation is 1. The van der Waals surface area contributed by atoms with Gasteiger partial charge in [0.15, 0.2) is 5.69 Å². The van der Waals surface area contributed by atoms with Gasteiger partial charge >= 0.3 is 6.18 Å². The van der Waals surface area contributed by atoms with Gasteiger partial charge < -0.3 is 4.90 Å². The fourth-order valence-corrected chi connectivity index (χ4v) is 6.31. The van der Waals surface area contributed by atoms with E-state index in [9.17, 15) is 13.2 Å². The molecule has 4 aromatic rings. The first-order chi connectivity index (χ1) is 17.8. The van der Waals surface area contributed by atoms with E-state index in [0.29, 0.717) is 27.5 Å². The first kappa shape index (κ1) is 25.8. The van der Waals surface area contributed by atoms with Gasteiger partial charge in [-0.1, -0.05) is 42.2 Å². The Morgan fingerprint density at radius 2 is 1.95 bits per heavy atom. The molecule has 3 aromatic heterocycles. The number of hydrogen-bond donors (Lipinski definition) is 0. The molecule has 0 saturated carbocycles. The van der Waals surface area contributed by atoms with Crippen LogP contribution in [0.2, 0.25) is 0 Å². The zero-order valence-electron chi connectivity index (χ0n) is 19.8. The van der Waals surface area contributed by atoms with Crippen LogP contribution in [0.1, 0.15) is 40.8 Å². The van der Waals surface area contributed by atoms with Gasteiger partial charge in [-0.15, -0.1) is 16.4 Å². The zero-order chi connectivity index (χ0) is 26.0. The average molecular weight is 565 g/mol.